The van der Waals surface area contributed by atoms with Gasteiger partial charge in [-0.25, -0.2) is 0 Å². The van der Waals surface area contributed by atoms with E-state index in [9.17, 15) is 5.11 Å². The van der Waals surface area contributed by atoms with Crippen LogP contribution in [-0.2, 0) is 0 Å². The van der Waals surface area contributed by atoms with Crippen LogP contribution in [0.1, 0.15) is 25.7 Å². The summed E-state index contributed by atoms with van der Waals surface area (Å²) >= 11 is 0. The van der Waals surface area contributed by atoms with Crippen LogP contribution in [0, 0.1) is 5.92 Å². The first-order valence-corrected chi connectivity index (χ1v) is 7.93. The first kappa shape index (κ1) is 16.1. The number of rotatable bonds is 8. The molecule has 1 saturated carbocycles. The van der Waals surface area contributed by atoms with Gasteiger partial charge < -0.3 is 20.1 Å². The molecule has 4 nitrogen and oxygen atoms in total. The van der Waals surface area contributed by atoms with E-state index in [1.54, 1.807) is 0 Å². The maximum absolute atomic E-state index is 9.76. The number of anilines is 1. The largest absolute Gasteiger partial charge is 0.491 e. The topological polar surface area (TPSA) is 44.7 Å². The minimum Gasteiger partial charge on any atom is -0.491 e. The van der Waals surface area contributed by atoms with Crippen molar-refractivity contribution < 1.29 is 9.84 Å². The first-order chi connectivity index (χ1) is 10.1. The van der Waals surface area contributed by atoms with Crippen LogP contribution in [0.5, 0.6) is 5.75 Å². The molecule has 0 aliphatic heterocycles. The van der Waals surface area contributed by atoms with Crippen LogP contribution >= 0.6 is 0 Å². The zero-order valence-electron chi connectivity index (χ0n) is 13.2. The van der Waals surface area contributed by atoms with Crippen molar-refractivity contribution in [3.8, 4) is 5.75 Å². The Labute approximate surface area is 128 Å². The normalized spacial score (nSPS) is 17.1. The van der Waals surface area contributed by atoms with Gasteiger partial charge in [-0.3, -0.25) is 0 Å². The van der Waals surface area contributed by atoms with E-state index in [1.165, 1.54) is 25.7 Å². The summed E-state index contributed by atoms with van der Waals surface area (Å²) < 4.78 is 5.60. The molecule has 0 amide bonds. The Morgan fingerprint density at radius 2 is 1.90 bits per heavy atom. The Kier molecular flexibility index (Phi) is 6.33. The molecule has 0 bridgehead atoms. The molecule has 1 unspecified atom stereocenters. The molecule has 1 atom stereocenters. The number of aliphatic hydroxyl groups excluding tert-OH is 1. The molecule has 0 aromatic heterocycles. The summed E-state index contributed by atoms with van der Waals surface area (Å²) in [7, 11) is 3.88. The summed E-state index contributed by atoms with van der Waals surface area (Å²) in [6.07, 6.45) is 5.03. The molecular weight excluding hydrogens is 264 g/mol. The standard InChI is InChI=1S/C17H28N2O2/c1-19(2)12-16(20)13-21-17-9-7-15(8-10-17)18-11-14-5-3-4-6-14/h7-10,14,16,18,20H,3-6,11-13H2,1-2H3. The van der Waals surface area contributed by atoms with Crippen LogP contribution in [0.25, 0.3) is 0 Å². The molecule has 2 N–H and O–H groups in total. The maximum Gasteiger partial charge on any atom is 0.119 e. The van der Waals surface area contributed by atoms with Gasteiger partial charge in [-0.05, 0) is 57.1 Å². The minimum atomic E-state index is -0.458. The van der Waals surface area contributed by atoms with Crippen molar-refractivity contribution in [2.24, 2.45) is 5.92 Å². The lowest BCUT2D eigenvalue weighted by Gasteiger charge is -2.17. The number of benzene rings is 1. The van der Waals surface area contributed by atoms with Gasteiger partial charge in [0.25, 0.3) is 0 Å². The number of hydrogen-bond donors (Lipinski definition) is 2. The Hall–Kier alpha value is -1.26. The number of nitrogens with one attached hydrogen (secondary N) is 1. The second-order valence-corrected chi connectivity index (χ2v) is 6.28. The van der Waals surface area contributed by atoms with Crippen molar-refractivity contribution in [1.82, 2.24) is 4.90 Å². The number of aliphatic hydroxyl groups is 1. The summed E-state index contributed by atoms with van der Waals surface area (Å²) in [4.78, 5) is 1.95. The average molecular weight is 292 g/mol. The van der Waals surface area contributed by atoms with Gasteiger partial charge in [-0.1, -0.05) is 12.8 Å². The van der Waals surface area contributed by atoms with Gasteiger partial charge in [-0.15, -0.1) is 0 Å². The first-order valence-electron chi connectivity index (χ1n) is 7.93. The highest BCUT2D eigenvalue weighted by Gasteiger charge is 2.14. The highest BCUT2D eigenvalue weighted by atomic mass is 16.5. The smallest absolute Gasteiger partial charge is 0.119 e. The molecule has 1 aliphatic rings. The van der Waals surface area contributed by atoms with E-state index < -0.39 is 6.10 Å². The average Bonchev–Trinajstić information content (AvgIpc) is 2.96. The van der Waals surface area contributed by atoms with Gasteiger partial charge in [0, 0.05) is 18.8 Å². The number of nitrogens with zero attached hydrogens (tertiary/aromatic N) is 1. The van der Waals surface area contributed by atoms with E-state index in [-0.39, 0.29) is 0 Å². The van der Waals surface area contributed by atoms with Crippen molar-refractivity contribution in [2.75, 3.05) is 39.1 Å². The molecule has 118 valence electrons. The van der Waals surface area contributed by atoms with E-state index in [0.29, 0.717) is 13.2 Å². The molecule has 1 aromatic rings. The third-order valence-electron chi connectivity index (χ3n) is 3.94. The molecule has 2 rings (SSSR count). The van der Waals surface area contributed by atoms with Gasteiger partial charge >= 0.3 is 0 Å². The van der Waals surface area contributed by atoms with Crippen LogP contribution in [0.3, 0.4) is 0 Å². The second kappa shape index (κ2) is 8.25. The molecule has 21 heavy (non-hydrogen) atoms. The molecular formula is C17H28N2O2. The second-order valence-electron chi connectivity index (χ2n) is 6.28. The van der Waals surface area contributed by atoms with Crippen LogP contribution in [0.2, 0.25) is 0 Å². The van der Waals surface area contributed by atoms with Crippen molar-refractivity contribution >= 4 is 5.69 Å². The maximum atomic E-state index is 9.76. The third-order valence-corrected chi connectivity index (χ3v) is 3.94. The van der Waals surface area contributed by atoms with E-state index in [0.717, 1.165) is 23.9 Å². The molecule has 0 radical (unpaired) electrons. The summed E-state index contributed by atoms with van der Waals surface area (Å²) in [5.41, 5.74) is 1.14. The molecule has 0 heterocycles. The lowest BCUT2D eigenvalue weighted by molar-refractivity contribution is 0.0831. The monoisotopic (exact) mass is 292 g/mol. The quantitative estimate of drug-likeness (QED) is 0.773. The predicted molar refractivity (Wildman–Crippen MR) is 86.9 cm³/mol. The summed E-state index contributed by atoms with van der Waals surface area (Å²) in [5, 5.41) is 13.3. The fourth-order valence-electron chi connectivity index (χ4n) is 2.81. The number of likely N-dealkylation sites (N-methyl/N-ethyl adjacent to an activating group) is 1. The predicted octanol–water partition coefficient (Wildman–Crippen LogP) is 2.59. The van der Waals surface area contributed by atoms with Gasteiger partial charge in [0.2, 0.25) is 0 Å². The molecule has 4 heteroatoms. The van der Waals surface area contributed by atoms with Crippen LogP contribution in [-0.4, -0.2) is 49.9 Å². The molecule has 0 spiro atoms. The molecule has 1 aromatic carbocycles. The van der Waals surface area contributed by atoms with Crippen molar-refractivity contribution in [3.63, 3.8) is 0 Å². The summed E-state index contributed by atoms with van der Waals surface area (Å²) in [6.45, 7) is 2.01. The Bertz CT molecular complexity index is 400. The fourth-order valence-corrected chi connectivity index (χ4v) is 2.81. The summed E-state index contributed by atoms with van der Waals surface area (Å²) in [5.74, 6) is 1.64. The van der Waals surface area contributed by atoms with Crippen LogP contribution in [0.15, 0.2) is 24.3 Å². The lowest BCUT2D eigenvalue weighted by Crippen LogP contribution is -2.30. The molecule has 1 fully saturated rings. The zero-order chi connectivity index (χ0) is 15.1. The van der Waals surface area contributed by atoms with Gasteiger partial charge in [0.15, 0.2) is 0 Å². The number of ether oxygens (including phenoxy) is 1. The Morgan fingerprint density at radius 3 is 2.52 bits per heavy atom. The summed E-state index contributed by atoms with van der Waals surface area (Å²) in [6, 6.07) is 8.00. The number of hydrogen-bond acceptors (Lipinski definition) is 4. The highest BCUT2D eigenvalue weighted by molar-refractivity contribution is 5.46. The van der Waals surface area contributed by atoms with Crippen molar-refractivity contribution in [2.45, 2.75) is 31.8 Å². The van der Waals surface area contributed by atoms with Gasteiger partial charge in [0.05, 0.1) is 0 Å². The fraction of sp³-hybridized carbons (Fsp3) is 0.647. The Morgan fingerprint density at radius 1 is 1.24 bits per heavy atom. The van der Waals surface area contributed by atoms with Gasteiger partial charge in [-0.2, -0.15) is 0 Å². The van der Waals surface area contributed by atoms with E-state index in [2.05, 4.69) is 5.32 Å². The minimum absolute atomic E-state index is 0.326. The third kappa shape index (κ3) is 5.94. The zero-order valence-corrected chi connectivity index (χ0v) is 13.2. The van der Waals surface area contributed by atoms with Crippen molar-refractivity contribution in [1.29, 1.82) is 0 Å². The Balaban J connectivity index is 1.71. The van der Waals surface area contributed by atoms with E-state index in [1.807, 2.05) is 43.3 Å². The van der Waals surface area contributed by atoms with E-state index in [4.69, 9.17) is 4.74 Å². The highest BCUT2D eigenvalue weighted by Crippen LogP contribution is 2.25. The van der Waals surface area contributed by atoms with E-state index >= 15 is 0 Å². The van der Waals surface area contributed by atoms with Crippen LogP contribution < -0.4 is 10.1 Å². The lowest BCUT2D eigenvalue weighted by atomic mass is 10.1. The van der Waals surface area contributed by atoms with Crippen LogP contribution in [0.4, 0.5) is 5.69 Å². The van der Waals surface area contributed by atoms with Gasteiger partial charge in [0.1, 0.15) is 18.5 Å². The van der Waals surface area contributed by atoms with Crippen molar-refractivity contribution in [3.05, 3.63) is 24.3 Å². The molecule has 1 aliphatic carbocycles. The molecule has 0 saturated heterocycles. The SMILES string of the molecule is CN(C)CC(O)COc1ccc(NCC2CCCC2)cc1.